The van der Waals surface area contributed by atoms with Gasteiger partial charge in [-0.1, -0.05) is 60.1 Å². The Bertz CT molecular complexity index is 1290. The van der Waals surface area contributed by atoms with Gasteiger partial charge in [0, 0.05) is 22.8 Å². The van der Waals surface area contributed by atoms with Crippen LogP contribution in [0.5, 0.6) is 0 Å². The molecule has 1 unspecified atom stereocenters. The summed E-state index contributed by atoms with van der Waals surface area (Å²) >= 11 is 6.28. The average Bonchev–Trinajstić information content (AvgIpc) is 3.27. The molecule has 0 spiro atoms. The van der Waals surface area contributed by atoms with Crippen molar-refractivity contribution in [2.24, 2.45) is 0 Å². The van der Waals surface area contributed by atoms with Crippen LogP contribution in [0.4, 0.5) is 5.82 Å². The second-order valence-corrected chi connectivity index (χ2v) is 7.19. The number of hydrogen-bond acceptors (Lipinski definition) is 5. The normalized spacial score (nSPS) is 12.0. The highest BCUT2D eigenvalue weighted by Crippen LogP contribution is 2.29. The SMILES string of the molecule is Clc1cccc(C(Nc2cc(-c3ccccc3)nc3ncnn23)c2ccccn2)c1. The van der Waals surface area contributed by atoms with Gasteiger partial charge in [0.15, 0.2) is 0 Å². The lowest BCUT2D eigenvalue weighted by Crippen LogP contribution is -2.16. The molecule has 146 valence electrons. The van der Waals surface area contributed by atoms with E-state index in [1.165, 1.54) is 6.33 Å². The molecule has 3 aromatic heterocycles. The van der Waals surface area contributed by atoms with Gasteiger partial charge >= 0.3 is 0 Å². The van der Waals surface area contributed by atoms with Crippen molar-refractivity contribution in [3.63, 3.8) is 0 Å². The van der Waals surface area contributed by atoms with E-state index >= 15 is 0 Å². The van der Waals surface area contributed by atoms with E-state index < -0.39 is 0 Å². The van der Waals surface area contributed by atoms with Gasteiger partial charge in [0.2, 0.25) is 0 Å². The van der Waals surface area contributed by atoms with Gasteiger partial charge in [0.1, 0.15) is 12.1 Å². The number of hydrogen-bond donors (Lipinski definition) is 1. The Hall–Kier alpha value is -3.77. The van der Waals surface area contributed by atoms with Crippen molar-refractivity contribution < 1.29 is 0 Å². The highest BCUT2D eigenvalue weighted by molar-refractivity contribution is 6.30. The Morgan fingerprint density at radius 1 is 0.867 bits per heavy atom. The molecule has 7 heteroatoms. The first kappa shape index (κ1) is 18.3. The van der Waals surface area contributed by atoms with E-state index in [0.29, 0.717) is 10.8 Å². The van der Waals surface area contributed by atoms with Crippen LogP contribution in [-0.2, 0) is 0 Å². The van der Waals surface area contributed by atoms with Crippen LogP contribution in [0.2, 0.25) is 5.02 Å². The van der Waals surface area contributed by atoms with Gasteiger partial charge in [-0.25, -0.2) is 4.98 Å². The Morgan fingerprint density at radius 2 is 1.73 bits per heavy atom. The lowest BCUT2D eigenvalue weighted by atomic mass is 10.0. The molecule has 0 saturated heterocycles. The van der Waals surface area contributed by atoms with Crippen LogP contribution in [0.3, 0.4) is 0 Å². The standard InChI is InChI=1S/C23H17ClN6/c24-18-10-6-9-17(13-18)22(19-11-4-5-12-25-19)29-21-14-20(16-7-2-1-3-8-16)28-23-26-15-27-30(21)23/h1-15,22,29H. The number of benzene rings is 2. The maximum absolute atomic E-state index is 6.28. The first-order chi connectivity index (χ1) is 14.8. The summed E-state index contributed by atoms with van der Waals surface area (Å²) < 4.78 is 1.69. The summed E-state index contributed by atoms with van der Waals surface area (Å²) in [5, 5.41) is 8.59. The minimum absolute atomic E-state index is 0.233. The molecule has 5 rings (SSSR count). The van der Waals surface area contributed by atoms with Crippen molar-refractivity contribution >= 4 is 23.2 Å². The summed E-state index contributed by atoms with van der Waals surface area (Å²) in [5.74, 6) is 1.27. The second kappa shape index (κ2) is 7.93. The predicted octanol–water partition coefficient (Wildman–Crippen LogP) is 5.04. The van der Waals surface area contributed by atoms with E-state index in [4.69, 9.17) is 11.6 Å². The van der Waals surface area contributed by atoms with Gasteiger partial charge in [-0.3, -0.25) is 4.98 Å². The maximum Gasteiger partial charge on any atom is 0.254 e. The molecule has 0 aliphatic heterocycles. The second-order valence-electron chi connectivity index (χ2n) is 6.75. The van der Waals surface area contributed by atoms with Gasteiger partial charge in [0.25, 0.3) is 5.78 Å². The molecule has 0 aliphatic carbocycles. The summed E-state index contributed by atoms with van der Waals surface area (Å²) in [6.45, 7) is 0. The average molecular weight is 413 g/mol. The Labute approximate surface area is 178 Å². The molecule has 1 atom stereocenters. The summed E-state index contributed by atoms with van der Waals surface area (Å²) in [7, 11) is 0. The third-order valence-electron chi connectivity index (χ3n) is 4.78. The van der Waals surface area contributed by atoms with E-state index in [-0.39, 0.29) is 6.04 Å². The molecule has 5 aromatic rings. The fourth-order valence-corrected chi connectivity index (χ4v) is 3.58. The topological polar surface area (TPSA) is 68.0 Å². The predicted molar refractivity (Wildman–Crippen MR) is 117 cm³/mol. The first-order valence-electron chi connectivity index (χ1n) is 9.47. The van der Waals surface area contributed by atoms with E-state index in [9.17, 15) is 0 Å². The zero-order chi connectivity index (χ0) is 20.3. The number of fused-ring (bicyclic) bond motifs is 1. The number of rotatable bonds is 5. The van der Waals surface area contributed by atoms with Crippen molar-refractivity contribution in [3.8, 4) is 11.3 Å². The van der Waals surface area contributed by atoms with Gasteiger partial charge in [-0.05, 0) is 29.8 Å². The van der Waals surface area contributed by atoms with Gasteiger partial charge in [-0.2, -0.15) is 14.6 Å². The molecular weight excluding hydrogens is 396 g/mol. The first-order valence-corrected chi connectivity index (χ1v) is 9.85. The third-order valence-corrected chi connectivity index (χ3v) is 5.01. The fraction of sp³-hybridized carbons (Fsp3) is 0.0435. The third kappa shape index (κ3) is 3.60. The zero-order valence-corrected chi connectivity index (χ0v) is 16.6. The number of aromatic nitrogens is 5. The van der Waals surface area contributed by atoms with Crippen LogP contribution in [0.1, 0.15) is 17.3 Å². The molecule has 0 amide bonds. The fourth-order valence-electron chi connectivity index (χ4n) is 3.38. The van der Waals surface area contributed by atoms with Crippen LogP contribution in [-0.4, -0.2) is 24.6 Å². The van der Waals surface area contributed by atoms with E-state index in [0.717, 1.165) is 28.3 Å². The van der Waals surface area contributed by atoms with Crippen molar-refractivity contribution in [2.75, 3.05) is 5.32 Å². The zero-order valence-electron chi connectivity index (χ0n) is 15.9. The van der Waals surface area contributed by atoms with Gasteiger partial charge in [0.05, 0.1) is 17.4 Å². The minimum Gasteiger partial charge on any atom is -0.357 e. The smallest absolute Gasteiger partial charge is 0.254 e. The van der Waals surface area contributed by atoms with Crippen molar-refractivity contribution in [3.05, 3.63) is 108 Å². The molecule has 0 radical (unpaired) electrons. The maximum atomic E-state index is 6.28. The number of nitrogens with zero attached hydrogens (tertiary/aromatic N) is 5. The van der Waals surface area contributed by atoms with Crippen LogP contribution in [0, 0.1) is 0 Å². The summed E-state index contributed by atoms with van der Waals surface area (Å²) in [4.78, 5) is 13.5. The van der Waals surface area contributed by atoms with Crippen molar-refractivity contribution in [2.45, 2.75) is 6.04 Å². The lowest BCUT2D eigenvalue weighted by molar-refractivity contribution is 0.847. The van der Waals surface area contributed by atoms with Crippen molar-refractivity contribution in [1.82, 2.24) is 24.6 Å². The molecular formula is C23H17ClN6. The monoisotopic (exact) mass is 412 g/mol. The number of nitrogens with one attached hydrogen (secondary N) is 1. The van der Waals surface area contributed by atoms with Crippen LogP contribution in [0.25, 0.3) is 17.0 Å². The largest absolute Gasteiger partial charge is 0.357 e. The van der Waals surface area contributed by atoms with Gasteiger partial charge < -0.3 is 5.32 Å². The molecule has 1 N–H and O–H groups in total. The van der Waals surface area contributed by atoms with E-state index in [1.54, 1.807) is 10.7 Å². The quantitative estimate of drug-likeness (QED) is 0.438. The Balaban J connectivity index is 1.64. The number of anilines is 1. The summed E-state index contributed by atoms with van der Waals surface area (Å²) in [5.41, 5.74) is 3.67. The van der Waals surface area contributed by atoms with Crippen molar-refractivity contribution in [1.29, 1.82) is 0 Å². The van der Waals surface area contributed by atoms with Crippen LogP contribution in [0.15, 0.2) is 91.4 Å². The van der Waals surface area contributed by atoms with E-state index in [1.807, 2.05) is 78.9 Å². The molecule has 3 heterocycles. The molecule has 2 aromatic carbocycles. The Kier molecular flexibility index (Phi) is 4.83. The van der Waals surface area contributed by atoms with Crippen LogP contribution < -0.4 is 5.32 Å². The Morgan fingerprint density at radius 3 is 2.53 bits per heavy atom. The molecule has 6 nitrogen and oxygen atoms in total. The molecule has 0 fully saturated rings. The molecule has 0 aliphatic rings. The highest BCUT2D eigenvalue weighted by Gasteiger charge is 2.19. The number of halogens is 1. The minimum atomic E-state index is -0.233. The van der Waals surface area contributed by atoms with Crippen LogP contribution >= 0.6 is 11.6 Å². The molecule has 0 saturated carbocycles. The lowest BCUT2D eigenvalue weighted by Gasteiger charge is -2.21. The molecule has 0 bridgehead atoms. The van der Waals surface area contributed by atoms with E-state index in [2.05, 4.69) is 25.4 Å². The number of pyridine rings is 1. The highest BCUT2D eigenvalue weighted by atomic mass is 35.5. The molecule has 30 heavy (non-hydrogen) atoms. The summed E-state index contributed by atoms with van der Waals surface area (Å²) in [6, 6.07) is 25.3. The summed E-state index contributed by atoms with van der Waals surface area (Å²) in [6.07, 6.45) is 3.28. The van der Waals surface area contributed by atoms with Gasteiger partial charge in [-0.15, -0.1) is 0 Å².